The molecule has 1 atom stereocenters. The van der Waals surface area contributed by atoms with Crippen molar-refractivity contribution >= 4 is 5.91 Å². The highest BCUT2D eigenvalue weighted by Gasteiger charge is 2.13. The number of amides is 1. The standard InChI is InChI=1S/C20H23N5O/c1-14-10-15(2)25(24-14)19-9-8-17(12-22-19)13-23-20(26)18(21)11-16-6-4-3-5-7-16/h3-10,12,18H,11,13,21H2,1-2H3,(H,23,26)/t18-/m1/s1. The van der Waals surface area contributed by atoms with E-state index in [1.807, 2.05) is 62.4 Å². The molecule has 2 heterocycles. The number of nitrogens with two attached hydrogens (primary N) is 1. The van der Waals surface area contributed by atoms with Gasteiger partial charge in [0, 0.05) is 18.4 Å². The van der Waals surface area contributed by atoms with Crippen LogP contribution in [0.1, 0.15) is 22.5 Å². The molecule has 3 rings (SSSR count). The number of rotatable bonds is 6. The van der Waals surface area contributed by atoms with Crippen molar-refractivity contribution in [3.63, 3.8) is 0 Å². The smallest absolute Gasteiger partial charge is 0.237 e. The van der Waals surface area contributed by atoms with Crippen molar-refractivity contribution in [1.29, 1.82) is 0 Å². The van der Waals surface area contributed by atoms with Crippen LogP contribution in [0.25, 0.3) is 5.82 Å². The lowest BCUT2D eigenvalue weighted by Gasteiger charge is -2.12. The zero-order chi connectivity index (χ0) is 18.5. The summed E-state index contributed by atoms with van der Waals surface area (Å²) in [5.74, 6) is 0.586. The van der Waals surface area contributed by atoms with Gasteiger partial charge < -0.3 is 11.1 Å². The lowest BCUT2D eigenvalue weighted by Crippen LogP contribution is -2.41. The maximum atomic E-state index is 12.2. The van der Waals surface area contributed by atoms with Gasteiger partial charge in [0.1, 0.15) is 0 Å². The summed E-state index contributed by atoms with van der Waals surface area (Å²) in [6, 6.07) is 15.0. The van der Waals surface area contributed by atoms with E-state index in [0.29, 0.717) is 13.0 Å². The number of nitrogens with zero attached hydrogens (tertiary/aromatic N) is 3. The van der Waals surface area contributed by atoms with Gasteiger partial charge in [-0.25, -0.2) is 9.67 Å². The Morgan fingerprint density at radius 2 is 1.92 bits per heavy atom. The number of nitrogens with one attached hydrogen (secondary N) is 1. The maximum Gasteiger partial charge on any atom is 0.237 e. The van der Waals surface area contributed by atoms with Gasteiger partial charge in [0.05, 0.1) is 11.7 Å². The SMILES string of the molecule is Cc1cc(C)n(-c2ccc(CNC(=O)[C@H](N)Cc3ccccc3)cn2)n1. The van der Waals surface area contributed by atoms with Gasteiger partial charge in [-0.3, -0.25) is 4.79 Å². The Hall–Kier alpha value is -2.99. The van der Waals surface area contributed by atoms with E-state index in [4.69, 9.17) is 5.73 Å². The van der Waals surface area contributed by atoms with Gasteiger partial charge in [-0.2, -0.15) is 5.10 Å². The number of pyridine rings is 1. The fraction of sp³-hybridized carbons (Fsp3) is 0.250. The number of aromatic nitrogens is 3. The van der Waals surface area contributed by atoms with Gasteiger partial charge in [0.15, 0.2) is 5.82 Å². The van der Waals surface area contributed by atoms with E-state index in [2.05, 4.69) is 15.4 Å². The van der Waals surface area contributed by atoms with Crippen molar-refractivity contribution in [3.8, 4) is 5.82 Å². The highest BCUT2D eigenvalue weighted by molar-refractivity contribution is 5.81. The van der Waals surface area contributed by atoms with Gasteiger partial charge in [0.25, 0.3) is 0 Å². The number of benzene rings is 1. The zero-order valence-electron chi connectivity index (χ0n) is 15.0. The first-order valence-corrected chi connectivity index (χ1v) is 8.59. The zero-order valence-corrected chi connectivity index (χ0v) is 15.0. The van der Waals surface area contributed by atoms with Crippen LogP contribution in [0.5, 0.6) is 0 Å². The third kappa shape index (κ3) is 4.34. The largest absolute Gasteiger partial charge is 0.351 e. The molecule has 0 saturated carbocycles. The first-order chi connectivity index (χ1) is 12.5. The van der Waals surface area contributed by atoms with Crippen molar-refractivity contribution in [2.75, 3.05) is 0 Å². The van der Waals surface area contributed by atoms with Gasteiger partial charge >= 0.3 is 0 Å². The molecule has 134 valence electrons. The molecular weight excluding hydrogens is 326 g/mol. The van der Waals surface area contributed by atoms with Crippen LogP contribution < -0.4 is 11.1 Å². The molecule has 0 aliphatic carbocycles. The van der Waals surface area contributed by atoms with Gasteiger partial charge in [-0.1, -0.05) is 36.4 Å². The number of hydrogen-bond donors (Lipinski definition) is 2. The fourth-order valence-electron chi connectivity index (χ4n) is 2.79. The monoisotopic (exact) mass is 349 g/mol. The Bertz CT molecular complexity index is 871. The normalized spacial score (nSPS) is 12.0. The number of carbonyl (C=O) groups is 1. The van der Waals surface area contributed by atoms with Crippen LogP contribution in [0.4, 0.5) is 0 Å². The summed E-state index contributed by atoms with van der Waals surface area (Å²) in [5.41, 5.74) is 9.94. The predicted molar refractivity (Wildman–Crippen MR) is 101 cm³/mol. The molecule has 0 fully saturated rings. The molecule has 2 aromatic heterocycles. The second kappa shape index (κ2) is 7.93. The number of aryl methyl sites for hydroxylation is 2. The Kier molecular flexibility index (Phi) is 5.43. The molecule has 3 aromatic rings. The highest BCUT2D eigenvalue weighted by atomic mass is 16.2. The molecule has 3 N–H and O–H groups in total. The quantitative estimate of drug-likeness (QED) is 0.713. The van der Waals surface area contributed by atoms with E-state index in [0.717, 1.165) is 28.3 Å². The minimum Gasteiger partial charge on any atom is -0.351 e. The molecule has 26 heavy (non-hydrogen) atoms. The van der Waals surface area contributed by atoms with E-state index < -0.39 is 6.04 Å². The number of hydrogen-bond acceptors (Lipinski definition) is 4. The topological polar surface area (TPSA) is 85.8 Å². The Morgan fingerprint density at radius 1 is 1.15 bits per heavy atom. The Labute approximate surface area is 153 Å². The highest BCUT2D eigenvalue weighted by Crippen LogP contribution is 2.10. The Balaban J connectivity index is 1.56. The van der Waals surface area contributed by atoms with Crippen molar-refractivity contribution in [2.24, 2.45) is 5.73 Å². The van der Waals surface area contributed by atoms with Gasteiger partial charge in [0.2, 0.25) is 5.91 Å². The Morgan fingerprint density at radius 3 is 2.54 bits per heavy atom. The van der Waals surface area contributed by atoms with E-state index in [9.17, 15) is 4.79 Å². The lowest BCUT2D eigenvalue weighted by molar-refractivity contribution is -0.122. The van der Waals surface area contributed by atoms with Crippen LogP contribution >= 0.6 is 0 Å². The minimum absolute atomic E-state index is 0.170. The average molecular weight is 349 g/mol. The summed E-state index contributed by atoms with van der Waals surface area (Å²) in [5, 5.41) is 7.28. The van der Waals surface area contributed by atoms with Gasteiger partial charge in [-0.05, 0) is 43.5 Å². The van der Waals surface area contributed by atoms with Crippen LogP contribution in [0.2, 0.25) is 0 Å². The fourth-order valence-corrected chi connectivity index (χ4v) is 2.79. The van der Waals surface area contributed by atoms with Crippen LogP contribution in [0.3, 0.4) is 0 Å². The summed E-state index contributed by atoms with van der Waals surface area (Å²) < 4.78 is 1.80. The summed E-state index contributed by atoms with van der Waals surface area (Å²) in [7, 11) is 0. The van der Waals surface area contributed by atoms with Crippen molar-refractivity contribution < 1.29 is 4.79 Å². The molecule has 0 spiro atoms. The second-order valence-corrected chi connectivity index (χ2v) is 6.38. The molecule has 0 aliphatic heterocycles. The summed E-state index contributed by atoms with van der Waals surface area (Å²) in [6.07, 6.45) is 2.26. The molecule has 6 nitrogen and oxygen atoms in total. The minimum atomic E-state index is -0.570. The van der Waals surface area contributed by atoms with E-state index in [1.54, 1.807) is 10.9 Å². The summed E-state index contributed by atoms with van der Waals surface area (Å²) >= 11 is 0. The molecule has 1 amide bonds. The molecule has 0 aliphatic rings. The lowest BCUT2D eigenvalue weighted by atomic mass is 10.1. The van der Waals surface area contributed by atoms with Crippen molar-refractivity contribution in [3.05, 3.63) is 77.2 Å². The van der Waals surface area contributed by atoms with E-state index in [1.165, 1.54) is 0 Å². The summed E-state index contributed by atoms with van der Waals surface area (Å²) in [4.78, 5) is 16.6. The third-order valence-electron chi connectivity index (χ3n) is 4.14. The molecule has 0 bridgehead atoms. The third-order valence-corrected chi connectivity index (χ3v) is 4.14. The van der Waals surface area contributed by atoms with Gasteiger partial charge in [-0.15, -0.1) is 0 Å². The van der Waals surface area contributed by atoms with Crippen LogP contribution in [-0.2, 0) is 17.8 Å². The molecule has 6 heteroatoms. The first-order valence-electron chi connectivity index (χ1n) is 8.59. The van der Waals surface area contributed by atoms with E-state index in [-0.39, 0.29) is 5.91 Å². The maximum absolute atomic E-state index is 12.2. The van der Waals surface area contributed by atoms with Crippen molar-refractivity contribution in [1.82, 2.24) is 20.1 Å². The van der Waals surface area contributed by atoms with Crippen LogP contribution in [0, 0.1) is 13.8 Å². The first kappa shape index (κ1) is 17.8. The van der Waals surface area contributed by atoms with Crippen LogP contribution in [0.15, 0.2) is 54.7 Å². The second-order valence-electron chi connectivity index (χ2n) is 6.38. The predicted octanol–water partition coefficient (Wildman–Crippen LogP) is 2.07. The molecule has 0 saturated heterocycles. The molecular formula is C20H23N5O. The van der Waals surface area contributed by atoms with E-state index >= 15 is 0 Å². The van der Waals surface area contributed by atoms with Crippen LogP contribution in [-0.4, -0.2) is 26.7 Å². The number of carbonyl (C=O) groups excluding carboxylic acids is 1. The molecule has 0 radical (unpaired) electrons. The summed E-state index contributed by atoms with van der Waals surface area (Å²) in [6.45, 7) is 4.34. The van der Waals surface area contributed by atoms with Crippen molar-refractivity contribution in [2.45, 2.75) is 32.9 Å². The average Bonchev–Trinajstić information content (AvgIpc) is 2.99. The molecule has 0 unspecified atom stereocenters. The molecule has 1 aromatic carbocycles.